The summed E-state index contributed by atoms with van der Waals surface area (Å²) in [5, 5.41) is 12.3. The average Bonchev–Trinajstić information content (AvgIpc) is 2.69. The Morgan fingerprint density at radius 1 is 1.53 bits per heavy atom. The van der Waals surface area contributed by atoms with Crippen molar-refractivity contribution in [3.05, 3.63) is 34.9 Å². The van der Waals surface area contributed by atoms with Crippen molar-refractivity contribution in [2.75, 3.05) is 6.54 Å². The summed E-state index contributed by atoms with van der Waals surface area (Å²) >= 11 is 0. The highest BCUT2D eigenvalue weighted by Crippen LogP contribution is 2.24. The Bertz CT molecular complexity index is 381. The molecule has 1 fully saturated rings. The molecule has 15 heavy (non-hydrogen) atoms. The topological polar surface area (TPSA) is 49.3 Å². The van der Waals surface area contributed by atoms with Crippen molar-refractivity contribution in [3.8, 4) is 0 Å². The maximum absolute atomic E-state index is 10.8. The van der Waals surface area contributed by atoms with Gasteiger partial charge in [0.1, 0.15) is 0 Å². The van der Waals surface area contributed by atoms with Crippen LogP contribution in [0.3, 0.4) is 0 Å². The molecule has 0 saturated carbocycles. The van der Waals surface area contributed by atoms with Gasteiger partial charge < -0.3 is 10.4 Å². The molecule has 1 saturated heterocycles. The summed E-state index contributed by atoms with van der Waals surface area (Å²) in [6.45, 7) is 2.91. The summed E-state index contributed by atoms with van der Waals surface area (Å²) in [4.78, 5) is 10.8. The summed E-state index contributed by atoms with van der Waals surface area (Å²) < 4.78 is 0. The monoisotopic (exact) mass is 205 g/mol. The Hall–Kier alpha value is -1.35. The van der Waals surface area contributed by atoms with E-state index in [4.69, 9.17) is 5.11 Å². The van der Waals surface area contributed by atoms with Gasteiger partial charge in [-0.15, -0.1) is 0 Å². The van der Waals surface area contributed by atoms with Crippen LogP contribution in [0.1, 0.15) is 40.4 Å². The molecule has 0 radical (unpaired) electrons. The van der Waals surface area contributed by atoms with Crippen LogP contribution < -0.4 is 5.32 Å². The van der Waals surface area contributed by atoms with E-state index in [0.717, 1.165) is 18.5 Å². The lowest BCUT2D eigenvalue weighted by atomic mass is 9.99. The zero-order valence-electron chi connectivity index (χ0n) is 8.79. The van der Waals surface area contributed by atoms with Gasteiger partial charge in [0.05, 0.1) is 5.56 Å². The molecular weight excluding hydrogens is 190 g/mol. The fourth-order valence-corrected chi connectivity index (χ4v) is 2.11. The molecule has 0 amide bonds. The van der Waals surface area contributed by atoms with Gasteiger partial charge in [-0.25, -0.2) is 4.79 Å². The SMILES string of the molecule is Cc1cc([C@@H]2CCCN2)ccc1C(=O)O. The lowest BCUT2D eigenvalue weighted by Gasteiger charge is -2.12. The van der Waals surface area contributed by atoms with Gasteiger partial charge in [-0.3, -0.25) is 0 Å². The van der Waals surface area contributed by atoms with Crippen LogP contribution in [-0.4, -0.2) is 17.6 Å². The van der Waals surface area contributed by atoms with E-state index in [2.05, 4.69) is 5.32 Å². The fourth-order valence-electron chi connectivity index (χ4n) is 2.11. The molecule has 1 aromatic carbocycles. The second-order valence-corrected chi connectivity index (χ2v) is 4.03. The van der Waals surface area contributed by atoms with Crippen molar-refractivity contribution in [2.24, 2.45) is 0 Å². The van der Waals surface area contributed by atoms with E-state index in [0.29, 0.717) is 11.6 Å². The van der Waals surface area contributed by atoms with Crippen LogP contribution in [-0.2, 0) is 0 Å². The highest BCUT2D eigenvalue weighted by atomic mass is 16.4. The second-order valence-electron chi connectivity index (χ2n) is 4.03. The van der Waals surface area contributed by atoms with E-state index in [1.165, 1.54) is 12.0 Å². The zero-order chi connectivity index (χ0) is 10.8. The molecule has 3 heteroatoms. The first kappa shape index (κ1) is 10.2. The number of nitrogens with one attached hydrogen (secondary N) is 1. The maximum Gasteiger partial charge on any atom is 0.335 e. The number of hydrogen-bond donors (Lipinski definition) is 2. The second kappa shape index (κ2) is 4.03. The predicted molar refractivity (Wildman–Crippen MR) is 58.1 cm³/mol. The van der Waals surface area contributed by atoms with Gasteiger partial charge in [-0.1, -0.05) is 12.1 Å². The van der Waals surface area contributed by atoms with Gasteiger partial charge in [-0.2, -0.15) is 0 Å². The summed E-state index contributed by atoms with van der Waals surface area (Å²) in [5.74, 6) is -0.849. The van der Waals surface area contributed by atoms with Gasteiger partial charge in [0.2, 0.25) is 0 Å². The van der Waals surface area contributed by atoms with E-state index in [-0.39, 0.29) is 0 Å². The Morgan fingerprint density at radius 2 is 2.33 bits per heavy atom. The lowest BCUT2D eigenvalue weighted by molar-refractivity contribution is 0.0696. The number of rotatable bonds is 2. The first-order valence-corrected chi connectivity index (χ1v) is 5.25. The van der Waals surface area contributed by atoms with Crippen molar-refractivity contribution in [1.82, 2.24) is 5.32 Å². The van der Waals surface area contributed by atoms with Gasteiger partial charge in [0.25, 0.3) is 0 Å². The first-order chi connectivity index (χ1) is 7.18. The predicted octanol–water partition coefficient (Wildman–Crippen LogP) is 2.12. The van der Waals surface area contributed by atoms with E-state index >= 15 is 0 Å². The van der Waals surface area contributed by atoms with E-state index in [9.17, 15) is 4.79 Å². The zero-order valence-corrected chi connectivity index (χ0v) is 8.79. The van der Waals surface area contributed by atoms with Crippen LogP contribution in [0.5, 0.6) is 0 Å². The van der Waals surface area contributed by atoms with Crippen LogP contribution in [0.25, 0.3) is 0 Å². The van der Waals surface area contributed by atoms with Crippen LogP contribution in [0.15, 0.2) is 18.2 Å². The minimum Gasteiger partial charge on any atom is -0.478 e. The van der Waals surface area contributed by atoms with Gasteiger partial charge >= 0.3 is 5.97 Å². The Balaban J connectivity index is 2.28. The molecule has 0 spiro atoms. The van der Waals surface area contributed by atoms with Crippen LogP contribution in [0.4, 0.5) is 0 Å². The summed E-state index contributed by atoms with van der Waals surface area (Å²) in [6, 6.07) is 6.00. The molecule has 2 rings (SSSR count). The maximum atomic E-state index is 10.8. The first-order valence-electron chi connectivity index (χ1n) is 5.25. The van der Waals surface area contributed by atoms with Crippen LogP contribution >= 0.6 is 0 Å². The molecule has 0 unspecified atom stereocenters. The average molecular weight is 205 g/mol. The van der Waals surface area contributed by atoms with Gasteiger partial charge in [0.15, 0.2) is 0 Å². The Kier molecular flexibility index (Phi) is 2.73. The van der Waals surface area contributed by atoms with E-state index in [1.54, 1.807) is 6.07 Å². The number of aromatic carboxylic acids is 1. The number of carboxylic acid groups (broad SMARTS) is 1. The molecule has 1 heterocycles. The number of carbonyl (C=O) groups is 1. The Morgan fingerprint density at radius 3 is 2.87 bits per heavy atom. The molecule has 3 nitrogen and oxygen atoms in total. The van der Waals surface area contributed by atoms with Crippen LogP contribution in [0, 0.1) is 6.92 Å². The van der Waals surface area contributed by atoms with Crippen molar-refractivity contribution in [3.63, 3.8) is 0 Å². The van der Waals surface area contributed by atoms with E-state index in [1.807, 2.05) is 19.1 Å². The highest BCUT2D eigenvalue weighted by Gasteiger charge is 2.17. The molecule has 0 aliphatic carbocycles. The lowest BCUT2D eigenvalue weighted by Crippen LogP contribution is -2.13. The van der Waals surface area contributed by atoms with Crippen molar-refractivity contribution in [2.45, 2.75) is 25.8 Å². The minimum absolute atomic E-state index is 0.400. The molecular formula is C12H15NO2. The molecule has 0 aromatic heterocycles. The number of hydrogen-bond acceptors (Lipinski definition) is 2. The van der Waals surface area contributed by atoms with Crippen molar-refractivity contribution in [1.29, 1.82) is 0 Å². The molecule has 1 atom stereocenters. The van der Waals surface area contributed by atoms with Crippen LogP contribution in [0.2, 0.25) is 0 Å². The molecule has 1 aliphatic heterocycles. The molecule has 1 aliphatic rings. The third kappa shape index (κ3) is 2.02. The minimum atomic E-state index is -0.849. The fraction of sp³-hybridized carbons (Fsp3) is 0.417. The molecule has 80 valence electrons. The molecule has 1 aromatic rings. The highest BCUT2D eigenvalue weighted by molar-refractivity contribution is 5.89. The quantitative estimate of drug-likeness (QED) is 0.777. The number of carboxylic acids is 1. The Labute approximate surface area is 89.1 Å². The van der Waals surface area contributed by atoms with Crippen molar-refractivity contribution < 1.29 is 9.90 Å². The standard InChI is InChI=1S/C12H15NO2/c1-8-7-9(11-3-2-6-13-11)4-5-10(8)12(14)15/h4-5,7,11,13H,2-3,6H2,1H3,(H,14,15)/t11-/m0/s1. The van der Waals surface area contributed by atoms with Crippen molar-refractivity contribution >= 4 is 5.97 Å². The number of benzene rings is 1. The molecule has 0 bridgehead atoms. The molecule has 2 N–H and O–H groups in total. The van der Waals surface area contributed by atoms with Gasteiger partial charge in [0, 0.05) is 6.04 Å². The summed E-state index contributed by atoms with van der Waals surface area (Å²) in [7, 11) is 0. The normalized spacial score (nSPS) is 20.5. The third-order valence-corrected chi connectivity index (χ3v) is 2.94. The summed E-state index contributed by atoms with van der Waals surface area (Å²) in [5.41, 5.74) is 2.44. The summed E-state index contributed by atoms with van der Waals surface area (Å²) in [6.07, 6.45) is 2.34. The smallest absolute Gasteiger partial charge is 0.335 e. The third-order valence-electron chi connectivity index (χ3n) is 2.94. The van der Waals surface area contributed by atoms with E-state index < -0.39 is 5.97 Å². The van der Waals surface area contributed by atoms with Gasteiger partial charge in [-0.05, 0) is 43.5 Å². The largest absolute Gasteiger partial charge is 0.478 e. The number of aryl methyl sites for hydroxylation is 1.